The van der Waals surface area contributed by atoms with E-state index in [-0.39, 0.29) is 12.1 Å². The first-order valence-electron chi connectivity index (χ1n) is 5.80. The van der Waals surface area contributed by atoms with Crippen LogP contribution < -0.4 is 5.32 Å². The minimum Gasteiger partial charge on any atom is -0.374 e. The van der Waals surface area contributed by atoms with Gasteiger partial charge in [0, 0.05) is 25.7 Å². The summed E-state index contributed by atoms with van der Waals surface area (Å²) in [4.78, 5) is 2.13. The van der Waals surface area contributed by atoms with Crippen LogP contribution in [0.3, 0.4) is 0 Å². The largest absolute Gasteiger partial charge is 0.374 e. The molecule has 2 aliphatic rings. The summed E-state index contributed by atoms with van der Waals surface area (Å²) in [5, 5.41) is 3.28. The first kappa shape index (κ1) is 12.3. The summed E-state index contributed by atoms with van der Waals surface area (Å²) >= 11 is 0. The fourth-order valence-electron chi connectivity index (χ4n) is 2.33. The average Bonchev–Trinajstić information content (AvgIpc) is 2.60. The Morgan fingerprint density at radius 3 is 2.88 bits per heavy atom. The number of ether oxygens (including phenoxy) is 1. The van der Waals surface area contributed by atoms with Crippen LogP contribution in [0.1, 0.15) is 6.42 Å². The quantitative estimate of drug-likeness (QED) is 0.701. The highest BCUT2D eigenvalue weighted by Crippen LogP contribution is 2.17. The van der Waals surface area contributed by atoms with Gasteiger partial charge in [-0.15, -0.1) is 0 Å². The summed E-state index contributed by atoms with van der Waals surface area (Å²) in [6, 6.07) is 0.176. The monoisotopic (exact) mass is 248 g/mol. The highest BCUT2D eigenvalue weighted by atomic mass is 32.2. The summed E-state index contributed by atoms with van der Waals surface area (Å²) in [6.07, 6.45) is 0.959. The molecule has 0 amide bonds. The van der Waals surface area contributed by atoms with Gasteiger partial charge in [-0.1, -0.05) is 0 Å². The molecule has 0 bridgehead atoms. The number of hydrogen-bond acceptors (Lipinski definition) is 5. The fourth-order valence-corrected chi connectivity index (χ4v) is 4.14. The summed E-state index contributed by atoms with van der Waals surface area (Å²) in [6.45, 7) is 3.34. The van der Waals surface area contributed by atoms with E-state index in [9.17, 15) is 8.42 Å². The molecular formula is C10H20N2O3S. The maximum absolute atomic E-state index is 11.4. The molecule has 2 fully saturated rings. The van der Waals surface area contributed by atoms with Gasteiger partial charge in [0.05, 0.1) is 24.2 Å². The van der Waals surface area contributed by atoms with Gasteiger partial charge in [0.2, 0.25) is 0 Å². The van der Waals surface area contributed by atoms with Crippen LogP contribution in [0.5, 0.6) is 0 Å². The molecule has 0 aromatic carbocycles. The van der Waals surface area contributed by atoms with Crippen molar-refractivity contribution in [2.75, 3.05) is 44.8 Å². The Bertz CT molecular complexity index is 325. The van der Waals surface area contributed by atoms with E-state index in [0.29, 0.717) is 11.5 Å². The van der Waals surface area contributed by atoms with Crippen molar-refractivity contribution in [1.82, 2.24) is 10.2 Å². The predicted octanol–water partition coefficient (Wildman–Crippen LogP) is -0.906. The van der Waals surface area contributed by atoms with E-state index < -0.39 is 9.84 Å². The van der Waals surface area contributed by atoms with Crippen LogP contribution in [0.15, 0.2) is 0 Å². The highest BCUT2D eigenvalue weighted by Gasteiger charge is 2.31. The van der Waals surface area contributed by atoms with Crippen molar-refractivity contribution in [3.8, 4) is 0 Å². The Labute approximate surface area is 97.1 Å². The second-order valence-electron chi connectivity index (χ2n) is 4.69. The van der Waals surface area contributed by atoms with E-state index in [4.69, 9.17) is 4.74 Å². The third kappa shape index (κ3) is 3.16. The van der Waals surface area contributed by atoms with Crippen molar-refractivity contribution in [2.24, 2.45) is 0 Å². The van der Waals surface area contributed by atoms with Crippen LogP contribution in [0, 0.1) is 0 Å². The minimum absolute atomic E-state index is 0.176. The van der Waals surface area contributed by atoms with Crippen molar-refractivity contribution in [2.45, 2.75) is 18.6 Å². The highest BCUT2D eigenvalue weighted by molar-refractivity contribution is 7.91. The molecule has 6 heteroatoms. The zero-order chi connectivity index (χ0) is 11.6. The SMILES string of the molecule is CN(CC1CNCCO1)C1CCS(=O)(=O)C1. The van der Waals surface area contributed by atoms with Gasteiger partial charge in [-0.3, -0.25) is 4.90 Å². The van der Waals surface area contributed by atoms with Crippen LogP contribution in [0.25, 0.3) is 0 Å². The number of rotatable bonds is 3. The molecule has 0 aliphatic carbocycles. The molecule has 0 aromatic heterocycles. The summed E-state index contributed by atoms with van der Waals surface area (Å²) in [5.41, 5.74) is 0. The molecule has 0 spiro atoms. The zero-order valence-corrected chi connectivity index (χ0v) is 10.5. The lowest BCUT2D eigenvalue weighted by atomic mass is 10.2. The van der Waals surface area contributed by atoms with Gasteiger partial charge in [0.1, 0.15) is 0 Å². The number of nitrogens with one attached hydrogen (secondary N) is 1. The van der Waals surface area contributed by atoms with Gasteiger partial charge in [0.25, 0.3) is 0 Å². The van der Waals surface area contributed by atoms with Crippen LogP contribution in [0.4, 0.5) is 0 Å². The molecule has 2 saturated heterocycles. The third-order valence-electron chi connectivity index (χ3n) is 3.33. The van der Waals surface area contributed by atoms with Gasteiger partial charge >= 0.3 is 0 Å². The molecule has 2 rings (SSSR count). The first-order valence-corrected chi connectivity index (χ1v) is 7.62. The Morgan fingerprint density at radius 1 is 1.50 bits per heavy atom. The van der Waals surface area contributed by atoms with Gasteiger partial charge < -0.3 is 10.1 Å². The van der Waals surface area contributed by atoms with Crippen LogP contribution >= 0.6 is 0 Å². The zero-order valence-electron chi connectivity index (χ0n) is 9.68. The molecule has 0 saturated carbocycles. The summed E-state index contributed by atoms with van der Waals surface area (Å²) in [7, 11) is -0.790. The fraction of sp³-hybridized carbons (Fsp3) is 1.00. The molecule has 2 heterocycles. The van der Waals surface area contributed by atoms with E-state index in [1.807, 2.05) is 7.05 Å². The molecule has 5 nitrogen and oxygen atoms in total. The number of nitrogens with zero attached hydrogens (tertiary/aromatic N) is 1. The third-order valence-corrected chi connectivity index (χ3v) is 5.08. The number of sulfone groups is 1. The normalized spacial score (nSPS) is 34.4. The first-order chi connectivity index (χ1) is 7.57. The minimum atomic E-state index is -2.78. The number of morpholine rings is 1. The maximum atomic E-state index is 11.4. The standard InChI is InChI=1S/C10H20N2O3S/c1-12(7-10-6-11-3-4-15-10)9-2-5-16(13,14)8-9/h9-11H,2-8H2,1H3. The Balaban J connectivity index is 1.81. The van der Waals surface area contributed by atoms with Crippen LogP contribution in [0.2, 0.25) is 0 Å². The lowest BCUT2D eigenvalue weighted by molar-refractivity contribution is 0.00462. The van der Waals surface area contributed by atoms with E-state index >= 15 is 0 Å². The van der Waals surface area contributed by atoms with Crippen molar-refractivity contribution >= 4 is 9.84 Å². The molecule has 2 atom stereocenters. The smallest absolute Gasteiger partial charge is 0.151 e. The van der Waals surface area contributed by atoms with Gasteiger partial charge in [0.15, 0.2) is 9.84 Å². The molecule has 94 valence electrons. The molecule has 16 heavy (non-hydrogen) atoms. The Kier molecular flexibility index (Phi) is 3.84. The van der Waals surface area contributed by atoms with Crippen molar-refractivity contribution in [3.05, 3.63) is 0 Å². The lowest BCUT2D eigenvalue weighted by Gasteiger charge is -2.30. The van der Waals surface area contributed by atoms with E-state index in [2.05, 4.69) is 10.2 Å². The van der Waals surface area contributed by atoms with Crippen molar-refractivity contribution in [1.29, 1.82) is 0 Å². The van der Waals surface area contributed by atoms with Gasteiger partial charge in [-0.25, -0.2) is 8.42 Å². The topological polar surface area (TPSA) is 58.6 Å². The van der Waals surface area contributed by atoms with E-state index in [1.165, 1.54) is 0 Å². The van der Waals surface area contributed by atoms with Crippen molar-refractivity contribution in [3.63, 3.8) is 0 Å². The molecule has 2 unspecified atom stereocenters. The predicted molar refractivity (Wildman–Crippen MR) is 62.3 cm³/mol. The Morgan fingerprint density at radius 2 is 2.31 bits per heavy atom. The average molecular weight is 248 g/mol. The molecule has 0 aromatic rings. The summed E-state index contributed by atoms with van der Waals surface area (Å²) < 4.78 is 28.3. The van der Waals surface area contributed by atoms with Crippen LogP contribution in [-0.2, 0) is 14.6 Å². The molecule has 0 radical (unpaired) electrons. The van der Waals surface area contributed by atoms with E-state index in [1.54, 1.807) is 0 Å². The second-order valence-corrected chi connectivity index (χ2v) is 6.92. The van der Waals surface area contributed by atoms with Crippen LogP contribution in [-0.4, -0.2) is 70.3 Å². The lowest BCUT2D eigenvalue weighted by Crippen LogP contribution is -2.47. The molecule has 1 N–H and O–H groups in total. The summed E-state index contributed by atoms with van der Waals surface area (Å²) in [5.74, 6) is 0.648. The van der Waals surface area contributed by atoms with Gasteiger partial charge in [-0.05, 0) is 13.5 Å². The van der Waals surface area contributed by atoms with Gasteiger partial charge in [-0.2, -0.15) is 0 Å². The van der Waals surface area contributed by atoms with E-state index in [0.717, 1.165) is 32.7 Å². The molecular weight excluding hydrogens is 228 g/mol. The number of hydrogen-bond donors (Lipinski definition) is 1. The molecule has 2 aliphatic heterocycles. The second kappa shape index (κ2) is 5.00. The van der Waals surface area contributed by atoms with Crippen molar-refractivity contribution < 1.29 is 13.2 Å². The maximum Gasteiger partial charge on any atom is 0.151 e. The number of likely N-dealkylation sites (N-methyl/N-ethyl adjacent to an activating group) is 1. The Hall–Kier alpha value is -0.170.